The fourth-order valence-corrected chi connectivity index (χ4v) is 3.21. The number of nitrogens with zero attached hydrogens (tertiary/aromatic N) is 1. The van der Waals surface area contributed by atoms with Crippen LogP contribution in [0.15, 0.2) is 0 Å². The van der Waals surface area contributed by atoms with Gasteiger partial charge in [-0.3, -0.25) is 4.90 Å². The Morgan fingerprint density at radius 1 is 1.00 bits per heavy atom. The van der Waals surface area contributed by atoms with Crippen LogP contribution in [0.1, 0.15) is 44.9 Å². The lowest BCUT2D eigenvalue weighted by Crippen LogP contribution is -2.51. The molecule has 2 rings (SSSR count). The molecule has 1 saturated heterocycles. The van der Waals surface area contributed by atoms with E-state index in [0.29, 0.717) is 6.04 Å². The van der Waals surface area contributed by atoms with Crippen molar-refractivity contribution < 1.29 is 13.2 Å². The number of nitrogens with one attached hydrogen (secondary N) is 1. The molecule has 1 atom stereocenters. The second-order valence-electron chi connectivity index (χ2n) is 5.62. The van der Waals surface area contributed by atoms with Crippen LogP contribution in [-0.4, -0.2) is 42.8 Å². The maximum absolute atomic E-state index is 12.2. The smallest absolute Gasteiger partial charge is 0.305 e. The van der Waals surface area contributed by atoms with Crippen molar-refractivity contribution in [3.8, 4) is 0 Å². The maximum atomic E-state index is 12.2. The summed E-state index contributed by atoms with van der Waals surface area (Å²) in [5.74, 6) is 0. The summed E-state index contributed by atoms with van der Waals surface area (Å²) in [4.78, 5) is 2.41. The highest BCUT2D eigenvalue weighted by Gasteiger charge is 2.31. The molecule has 0 spiro atoms. The molecule has 1 aliphatic carbocycles. The monoisotopic (exact) mass is 264 g/mol. The number of rotatable bonds is 3. The summed E-state index contributed by atoms with van der Waals surface area (Å²) in [5, 5.41) is 2.66. The second kappa shape index (κ2) is 6.24. The second-order valence-corrected chi connectivity index (χ2v) is 5.62. The van der Waals surface area contributed by atoms with Gasteiger partial charge >= 0.3 is 6.18 Å². The van der Waals surface area contributed by atoms with E-state index >= 15 is 0 Å². The van der Waals surface area contributed by atoms with E-state index in [4.69, 9.17) is 0 Å². The largest absolute Gasteiger partial charge is 0.401 e. The molecule has 1 N–H and O–H groups in total. The van der Waals surface area contributed by atoms with Gasteiger partial charge in [0, 0.05) is 18.6 Å². The molecule has 0 amide bonds. The maximum Gasteiger partial charge on any atom is 0.401 e. The molecular weight excluding hydrogens is 241 g/mol. The van der Waals surface area contributed by atoms with Gasteiger partial charge in [-0.25, -0.2) is 0 Å². The van der Waals surface area contributed by atoms with Crippen LogP contribution < -0.4 is 5.32 Å². The average Bonchev–Trinajstić information content (AvgIpc) is 2.37. The summed E-state index contributed by atoms with van der Waals surface area (Å²) in [6.45, 7) is 1.01. The van der Waals surface area contributed by atoms with Gasteiger partial charge in [-0.2, -0.15) is 13.2 Å². The van der Waals surface area contributed by atoms with E-state index in [0.717, 1.165) is 25.9 Å². The highest BCUT2D eigenvalue weighted by atomic mass is 19.4. The van der Waals surface area contributed by atoms with E-state index in [9.17, 15) is 13.2 Å². The van der Waals surface area contributed by atoms with Crippen molar-refractivity contribution in [3.05, 3.63) is 0 Å². The van der Waals surface area contributed by atoms with Gasteiger partial charge in [-0.15, -0.1) is 0 Å². The summed E-state index contributed by atoms with van der Waals surface area (Å²) >= 11 is 0. The first-order chi connectivity index (χ1) is 8.54. The summed E-state index contributed by atoms with van der Waals surface area (Å²) < 4.78 is 36.6. The quantitative estimate of drug-likeness (QED) is 0.843. The highest BCUT2D eigenvalue weighted by Crippen LogP contribution is 2.25. The SMILES string of the molecule is FC(F)(F)CNC1CCCN(C2CCCCC2)C1. The summed E-state index contributed by atoms with van der Waals surface area (Å²) in [6, 6.07) is 0.636. The minimum Gasteiger partial charge on any atom is -0.305 e. The van der Waals surface area contributed by atoms with Crippen LogP contribution in [0.3, 0.4) is 0 Å². The molecule has 0 aromatic carbocycles. The first-order valence-corrected chi connectivity index (χ1v) is 7.09. The van der Waals surface area contributed by atoms with Gasteiger partial charge in [0.15, 0.2) is 0 Å². The van der Waals surface area contributed by atoms with Crippen LogP contribution in [-0.2, 0) is 0 Å². The molecule has 2 aliphatic rings. The van der Waals surface area contributed by atoms with E-state index in [-0.39, 0.29) is 6.04 Å². The molecule has 0 bridgehead atoms. The molecule has 0 aromatic rings. The van der Waals surface area contributed by atoms with E-state index in [1.807, 2.05) is 0 Å². The Hall–Kier alpha value is -0.290. The van der Waals surface area contributed by atoms with Gasteiger partial charge in [0.2, 0.25) is 0 Å². The molecule has 0 aromatic heterocycles. The first-order valence-electron chi connectivity index (χ1n) is 7.09. The van der Waals surface area contributed by atoms with Crippen molar-refractivity contribution in [3.63, 3.8) is 0 Å². The van der Waals surface area contributed by atoms with Gasteiger partial charge in [-0.1, -0.05) is 19.3 Å². The Bertz CT molecular complexity index is 249. The van der Waals surface area contributed by atoms with Crippen molar-refractivity contribution >= 4 is 0 Å². The molecule has 0 radical (unpaired) electrons. The third kappa shape index (κ3) is 4.43. The molecule has 106 valence electrons. The molecule has 2 fully saturated rings. The standard InChI is InChI=1S/C13H23F3N2/c14-13(15,16)10-17-11-5-4-8-18(9-11)12-6-2-1-3-7-12/h11-12,17H,1-10H2. The number of hydrogen-bond donors (Lipinski definition) is 1. The fourth-order valence-electron chi connectivity index (χ4n) is 3.21. The topological polar surface area (TPSA) is 15.3 Å². The fraction of sp³-hybridized carbons (Fsp3) is 1.00. The van der Waals surface area contributed by atoms with Crippen LogP contribution in [0, 0.1) is 0 Å². The molecule has 5 heteroatoms. The number of halogens is 3. The van der Waals surface area contributed by atoms with E-state index in [2.05, 4.69) is 10.2 Å². The zero-order valence-electron chi connectivity index (χ0n) is 10.8. The van der Waals surface area contributed by atoms with E-state index < -0.39 is 12.7 Å². The van der Waals surface area contributed by atoms with Crippen LogP contribution in [0.5, 0.6) is 0 Å². The van der Waals surface area contributed by atoms with Crippen LogP contribution in [0.25, 0.3) is 0 Å². The zero-order valence-corrected chi connectivity index (χ0v) is 10.8. The molecule has 1 heterocycles. The lowest BCUT2D eigenvalue weighted by atomic mass is 9.92. The van der Waals surface area contributed by atoms with E-state index in [1.165, 1.54) is 32.1 Å². The van der Waals surface area contributed by atoms with Gasteiger partial charge < -0.3 is 5.32 Å². The molecule has 1 saturated carbocycles. The Morgan fingerprint density at radius 3 is 2.39 bits per heavy atom. The molecule has 18 heavy (non-hydrogen) atoms. The van der Waals surface area contributed by atoms with E-state index in [1.54, 1.807) is 0 Å². The lowest BCUT2D eigenvalue weighted by Gasteiger charge is -2.40. The molecule has 2 nitrogen and oxygen atoms in total. The molecular formula is C13H23F3N2. The Labute approximate surface area is 107 Å². The van der Waals surface area contributed by atoms with Crippen molar-refractivity contribution in [2.75, 3.05) is 19.6 Å². The van der Waals surface area contributed by atoms with Crippen LogP contribution in [0.2, 0.25) is 0 Å². The van der Waals surface area contributed by atoms with Crippen molar-refractivity contribution in [2.45, 2.75) is 63.2 Å². The van der Waals surface area contributed by atoms with Crippen molar-refractivity contribution in [2.24, 2.45) is 0 Å². The predicted octanol–water partition coefficient (Wildman–Crippen LogP) is 2.94. The number of alkyl halides is 3. The third-order valence-electron chi connectivity index (χ3n) is 4.14. The van der Waals surface area contributed by atoms with Crippen LogP contribution >= 0.6 is 0 Å². The first kappa shape index (κ1) is 14.1. The highest BCUT2D eigenvalue weighted by molar-refractivity contribution is 4.84. The number of likely N-dealkylation sites (tertiary alicyclic amines) is 1. The van der Waals surface area contributed by atoms with Gasteiger partial charge in [0.05, 0.1) is 6.54 Å². The summed E-state index contributed by atoms with van der Waals surface area (Å²) in [6.07, 6.45) is 4.14. The number of piperidine rings is 1. The summed E-state index contributed by atoms with van der Waals surface area (Å²) in [7, 11) is 0. The molecule has 1 unspecified atom stereocenters. The minimum absolute atomic E-state index is 0.0160. The predicted molar refractivity (Wildman–Crippen MR) is 65.5 cm³/mol. The van der Waals surface area contributed by atoms with Crippen LogP contribution in [0.4, 0.5) is 13.2 Å². The zero-order chi connectivity index (χ0) is 13.0. The Kier molecular flexibility index (Phi) is 4.90. The summed E-state index contributed by atoms with van der Waals surface area (Å²) in [5.41, 5.74) is 0. The van der Waals surface area contributed by atoms with Gasteiger partial charge in [0.1, 0.15) is 0 Å². The minimum atomic E-state index is -4.09. The molecule has 1 aliphatic heterocycles. The third-order valence-corrected chi connectivity index (χ3v) is 4.14. The van der Waals surface area contributed by atoms with Gasteiger partial charge in [-0.05, 0) is 32.2 Å². The van der Waals surface area contributed by atoms with Gasteiger partial charge in [0.25, 0.3) is 0 Å². The van der Waals surface area contributed by atoms with Crippen molar-refractivity contribution in [1.29, 1.82) is 0 Å². The normalized spacial score (nSPS) is 28.5. The van der Waals surface area contributed by atoms with Crippen molar-refractivity contribution in [1.82, 2.24) is 10.2 Å². The number of hydrogen-bond acceptors (Lipinski definition) is 2. The average molecular weight is 264 g/mol. The lowest BCUT2D eigenvalue weighted by molar-refractivity contribution is -0.127. The Balaban J connectivity index is 1.77. The Morgan fingerprint density at radius 2 is 1.72 bits per heavy atom.